The Morgan fingerprint density at radius 3 is 2.50 bits per heavy atom. The fourth-order valence-electron chi connectivity index (χ4n) is 2.93. The Kier molecular flexibility index (Phi) is 5.37. The smallest absolute Gasteiger partial charge is 0.118 e. The van der Waals surface area contributed by atoms with Crippen LogP contribution in [0.2, 0.25) is 0 Å². The number of aliphatic hydroxyl groups excluding tert-OH is 1. The summed E-state index contributed by atoms with van der Waals surface area (Å²) in [6.07, 6.45) is 4.99. The molecule has 28 heavy (non-hydrogen) atoms. The Hall–Kier alpha value is -3.15. The first-order valence-electron chi connectivity index (χ1n) is 8.94. The third kappa shape index (κ3) is 3.91. The molecule has 0 saturated carbocycles. The number of aromatic nitrogens is 2. The minimum Gasteiger partial charge on any atom is -0.497 e. The minimum atomic E-state index is -0.706. The number of hydrogen-bond acceptors (Lipinski definition) is 4. The van der Waals surface area contributed by atoms with Gasteiger partial charge in [0, 0.05) is 11.8 Å². The minimum absolute atomic E-state index is 0.706. The maximum Gasteiger partial charge on any atom is 0.118 e. The van der Waals surface area contributed by atoms with E-state index in [4.69, 9.17) is 9.84 Å². The first-order valence-corrected chi connectivity index (χ1v) is 9.82. The Balaban J connectivity index is 1.65. The molecule has 1 N–H and O–H groups in total. The summed E-state index contributed by atoms with van der Waals surface area (Å²) in [5, 5.41) is 17.4. The van der Waals surface area contributed by atoms with Gasteiger partial charge in [0.25, 0.3) is 0 Å². The Labute approximate surface area is 168 Å². The average molecular weight is 388 g/mol. The molecule has 0 saturated heterocycles. The summed E-state index contributed by atoms with van der Waals surface area (Å²) >= 11 is 1.65. The summed E-state index contributed by atoms with van der Waals surface area (Å²) in [6, 6.07) is 21.5. The largest absolute Gasteiger partial charge is 0.497 e. The van der Waals surface area contributed by atoms with Gasteiger partial charge < -0.3 is 9.84 Å². The number of para-hydroxylation sites is 1. The van der Waals surface area contributed by atoms with Gasteiger partial charge in [-0.3, -0.25) is 0 Å². The van der Waals surface area contributed by atoms with Crippen molar-refractivity contribution < 1.29 is 9.84 Å². The predicted molar refractivity (Wildman–Crippen MR) is 114 cm³/mol. The van der Waals surface area contributed by atoms with Gasteiger partial charge in [-0.1, -0.05) is 48.6 Å². The summed E-state index contributed by atoms with van der Waals surface area (Å²) in [5.74, 6) is 0.768. The van der Waals surface area contributed by atoms with Gasteiger partial charge in [0.2, 0.25) is 0 Å². The van der Waals surface area contributed by atoms with E-state index < -0.39 is 6.10 Å². The molecule has 4 aromatic rings. The van der Waals surface area contributed by atoms with E-state index in [-0.39, 0.29) is 0 Å². The van der Waals surface area contributed by atoms with Gasteiger partial charge in [-0.25, -0.2) is 4.68 Å². The molecule has 2 aromatic heterocycles. The molecule has 0 aliphatic carbocycles. The zero-order chi connectivity index (χ0) is 19.3. The summed E-state index contributed by atoms with van der Waals surface area (Å²) in [5.41, 5.74) is 3.66. The molecule has 2 heterocycles. The van der Waals surface area contributed by atoms with Crippen molar-refractivity contribution in [2.45, 2.75) is 6.10 Å². The molecular weight excluding hydrogens is 368 g/mol. The van der Waals surface area contributed by atoms with Crippen LogP contribution in [0.4, 0.5) is 0 Å². The van der Waals surface area contributed by atoms with Gasteiger partial charge in [-0.2, -0.15) is 5.10 Å². The van der Waals surface area contributed by atoms with Crippen LogP contribution in [0.25, 0.3) is 22.3 Å². The number of thiophene rings is 1. The number of nitrogens with zero attached hydrogens (tertiary/aromatic N) is 2. The van der Waals surface area contributed by atoms with Crippen molar-refractivity contribution in [3.8, 4) is 22.0 Å². The topological polar surface area (TPSA) is 47.3 Å². The molecule has 140 valence electrons. The van der Waals surface area contributed by atoms with E-state index >= 15 is 0 Å². The fourth-order valence-corrected chi connectivity index (χ4v) is 3.67. The molecular formula is C23H20N2O2S. The van der Waals surface area contributed by atoms with Gasteiger partial charge >= 0.3 is 0 Å². The molecule has 1 unspecified atom stereocenters. The molecule has 1 atom stereocenters. The standard InChI is InChI=1S/C23H20N2O2S/c1-27-20-12-9-17(10-13-20)21(26)14-11-18-16-25(19-6-3-2-4-7-19)24-23(18)22-8-5-15-28-22/h2-16,21,26H,1H3. The molecule has 0 amide bonds. The quantitative estimate of drug-likeness (QED) is 0.484. The maximum absolute atomic E-state index is 10.5. The second kappa shape index (κ2) is 8.25. The van der Waals surface area contributed by atoms with Crippen molar-refractivity contribution in [2.75, 3.05) is 7.11 Å². The molecule has 0 spiro atoms. The number of hydrogen-bond donors (Lipinski definition) is 1. The molecule has 0 aliphatic heterocycles. The van der Waals surface area contributed by atoms with Gasteiger partial charge in [0.15, 0.2) is 0 Å². The van der Waals surface area contributed by atoms with Gasteiger partial charge in [-0.15, -0.1) is 11.3 Å². The van der Waals surface area contributed by atoms with Crippen molar-refractivity contribution >= 4 is 17.4 Å². The van der Waals surface area contributed by atoms with Crippen molar-refractivity contribution in [1.29, 1.82) is 0 Å². The highest BCUT2D eigenvalue weighted by molar-refractivity contribution is 7.13. The highest BCUT2D eigenvalue weighted by Gasteiger charge is 2.12. The number of benzene rings is 2. The van der Waals surface area contributed by atoms with Crippen LogP contribution in [0.15, 0.2) is 84.4 Å². The average Bonchev–Trinajstić information content (AvgIpc) is 3.42. The molecule has 0 fully saturated rings. The van der Waals surface area contributed by atoms with E-state index in [2.05, 4.69) is 6.07 Å². The number of rotatable bonds is 6. The Bertz CT molecular complexity index is 1050. The lowest BCUT2D eigenvalue weighted by atomic mass is 10.1. The first-order chi connectivity index (χ1) is 13.7. The maximum atomic E-state index is 10.5. The SMILES string of the molecule is COc1ccc(C(O)C=Cc2cn(-c3ccccc3)nc2-c2cccs2)cc1. The normalized spacial score (nSPS) is 12.4. The van der Waals surface area contributed by atoms with E-state index in [1.807, 2.05) is 83.0 Å². The van der Waals surface area contributed by atoms with Crippen LogP contribution in [0.5, 0.6) is 5.75 Å². The van der Waals surface area contributed by atoms with Crippen LogP contribution in [-0.2, 0) is 0 Å². The van der Waals surface area contributed by atoms with E-state index in [1.54, 1.807) is 24.5 Å². The van der Waals surface area contributed by atoms with Gasteiger partial charge in [0.05, 0.1) is 23.8 Å². The Morgan fingerprint density at radius 1 is 1.04 bits per heavy atom. The molecule has 4 nitrogen and oxygen atoms in total. The molecule has 2 aromatic carbocycles. The predicted octanol–water partition coefficient (Wildman–Crippen LogP) is 5.36. The van der Waals surface area contributed by atoms with Crippen molar-refractivity contribution in [1.82, 2.24) is 9.78 Å². The zero-order valence-corrected chi connectivity index (χ0v) is 16.2. The highest BCUT2D eigenvalue weighted by atomic mass is 32.1. The monoisotopic (exact) mass is 388 g/mol. The zero-order valence-electron chi connectivity index (χ0n) is 15.4. The molecule has 0 aliphatic rings. The van der Waals surface area contributed by atoms with Crippen LogP contribution in [0.1, 0.15) is 17.2 Å². The van der Waals surface area contributed by atoms with Crippen LogP contribution >= 0.6 is 11.3 Å². The van der Waals surface area contributed by atoms with Gasteiger partial charge in [-0.05, 0) is 41.3 Å². The Morgan fingerprint density at radius 2 is 1.82 bits per heavy atom. The van der Waals surface area contributed by atoms with Crippen LogP contribution < -0.4 is 4.74 Å². The van der Waals surface area contributed by atoms with Crippen molar-refractivity contribution in [2.24, 2.45) is 0 Å². The lowest BCUT2D eigenvalue weighted by Crippen LogP contribution is -1.93. The third-order valence-corrected chi connectivity index (χ3v) is 5.31. The fraction of sp³-hybridized carbons (Fsp3) is 0.0870. The van der Waals surface area contributed by atoms with E-state index in [0.717, 1.165) is 33.1 Å². The molecule has 4 rings (SSSR count). The van der Waals surface area contributed by atoms with Crippen LogP contribution in [0.3, 0.4) is 0 Å². The van der Waals surface area contributed by atoms with Crippen molar-refractivity contribution in [3.05, 3.63) is 95.5 Å². The van der Waals surface area contributed by atoms with E-state index in [1.165, 1.54) is 0 Å². The molecule has 0 bridgehead atoms. The summed E-state index contributed by atoms with van der Waals surface area (Å²) in [7, 11) is 1.63. The third-order valence-electron chi connectivity index (χ3n) is 4.43. The van der Waals surface area contributed by atoms with Crippen LogP contribution in [-0.4, -0.2) is 22.0 Å². The van der Waals surface area contributed by atoms with E-state index in [0.29, 0.717) is 0 Å². The second-order valence-electron chi connectivity index (χ2n) is 6.27. The first kappa shape index (κ1) is 18.2. The summed E-state index contributed by atoms with van der Waals surface area (Å²) in [6.45, 7) is 0. The van der Waals surface area contributed by atoms with Crippen molar-refractivity contribution in [3.63, 3.8) is 0 Å². The number of aliphatic hydroxyl groups is 1. The summed E-state index contributed by atoms with van der Waals surface area (Å²) in [4.78, 5) is 1.09. The van der Waals surface area contributed by atoms with E-state index in [9.17, 15) is 5.11 Å². The van der Waals surface area contributed by atoms with Crippen LogP contribution in [0, 0.1) is 0 Å². The number of methoxy groups -OCH3 is 1. The molecule has 5 heteroatoms. The lowest BCUT2D eigenvalue weighted by Gasteiger charge is -2.07. The van der Waals surface area contributed by atoms with Gasteiger partial charge in [0.1, 0.15) is 11.4 Å². The highest BCUT2D eigenvalue weighted by Crippen LogP contribution is 2.29. The summed E-state index contributed by atoms with van der Waals surface area (Å²) < 4.78 is 7.04. The lowest BCUT2D eigenvalue weighted by molar-refractivity contribution is 0.229. The second-order valence-corrected chi connectivity index (χ2v) is 7.22. The number of ether oxygens (including phenoxy) is 1. The molecule has 0 radical (unpaired) electrons.